The summed E-state index contributed by atoms with van der Waals surface area (Å²) in [6, 6.07) is 0. The molecule has 9 heteroatoms. The van der Waals surface area contributed by atoms with Crippen LogP contribution >= 0.6 is 35.3 Å². The molecule has 0 saturated carbocycles. The minimum absolute atomic E-state index is 0. The first-order valence-corrected chi connectivity index (χ1v) is 9.58. The van der Waals surface area contributed by atoms with Crippen molar-refractivity contribution in [2.24, 2.45) is 12.0 Å². The molecule has 144 valence electrons. The van der Waals surface area contributed by atoms with Crippen molar-refractivity contribution < 1.29 is 0 Å². The number of anilines is 1. The number of hydrogen-bond donors (Lipinski definition) is 1. The second kappa shape index (κ2) is 9.54. The number of aromatic nitrogens is 3. The lowest BCUT2D eigenvalue weighted by molar-refractivity contribution is 0.486. The molecule has 0 radical (unpaired) electrons. The summed E-state index contributed by atoms with van der Waals surface area (Å²) in [4.78, 5) is 13.8. The van der Waals surface area contributed by atoms with Crippen molar-refractivity contribution in [1.82, 2.24) is 25.0 Å². The Balaban J connectivity index is 0.00000243. The molecule has 3 heterocycles. The molecule has 1 aliphatic heterocycles. The highest BCUT2D eigenvalue weighted by molar-refractivity contribution is 14.0. The van der Waals surface area contributed by atoms with Gasteiger partial charge in [-0.3, -0.25) is 4.68 Å². The first-order valence-electron chi connectivity index (χ1n) is 8.70. The van der Waals surface area contributed by atoms with Crippen molar-refractivity contribution in [3.8, 4) is 0 Å². The van der Waals surface area contributed by atoms with Crippen molar-refractivity contribution in [3.05, 3.63) is 29.0 Å². The number of aliphatic imine (C=N–C) groups is 1. The van der Waals surface area contributed by atoms with Gasteiger partial charge >= 0.3 is 0 Å². The summed E-state index contributed by atoms with van der Waals surface area (Å²) < 4.78 is 1.88. The largest absolute Gasteiger partial charge is 0.357 e. The van der Waals surface area contributed by atoms with Crippen LogP contribution < -0.4 is 10.2 Å². The van der Waals surface area contributed by atoms with Gasteiger partial charge in [-0.25, -0.2) is 9.98 Å². The van der Waals surface area contributed by atoms with Crippen LogP contribution in [-0.2, 0) is 13.6 Å². The third kappa shape index (κ3) is 5.09. The Morgan fingerprint density at radius 1 is 1.46 bits per heavy atom. The maximum atomic E-state index is 4.81. The quantitative estimate of drug-likeness (QED) is 0.398. The average Bonchev–Trinajstić information content (AvgIpc) is 3.31. The van der Waals surface area contributed by atoms with Crippen molar-refractivity contribution in [1.29, 1.82) is 0 Å². The SMILES string of the molecule is CCNC(=NCc1csc(N(C)C)n1)N1CCC(c2cnn(C)c2)C1.I. The molecule has 26 heavy (non-hydrogen) atoms. The summed E-state index contributed by atoms with van der Waals surface area (Å²) >= 11 is 1.66. The molecule has 0 bridgehead atoms. The molecule has 0 amide bonds. The first kappa shape index (κ1) is 20.9. The van der Waals surface area contributed by atoms with Gasteiger partial charge in [-0.05, 0) is 18.9 Å². The van der Waals surface area contributed by atoms with Crippen LogP contribution in [0.1, 0.15) is 30.5 Å². The predicted octanol–water partition coefficient (Wildman–Crippen LogP) is 2.52. The Morgan fingerprint density at radius 3 is 2.88 bits per heavy atom. The van der Waals surface area contributed by atoms with Gasteiger partial charge in [-0.15, -0.1) is 35.3 Å². The van der Waals surface area contributed by atoms with E-state index in [1.807, 2.05) is 36.9 Å². The fourth-order valence-electron chi connectivity index (χ4n) is 3.03. The molecule has 2 aromatic rings. The fraction of sp³-hybridized carbons (Fsp3) is 0.588. The minimum atomic E-state index is 0. The van der Waals surface area contributed by atoms with Gasteiger partial charge in [0.1, 0.15) is 0 Å². The molecule has 2 aromatic heterocycles. The molecule has 1 atom stereocenters. The van der Waals surface area contributed by atoms with E-state index in [1.165, 1.54) is 5.56 Å². The molecule has 1 N–H and O–H groups in total. The van der Waals surface area contributed by atoms with Gasteiger partial charge in [0.15, 0.2) is 11.1 Å². The lowest BCUT2D eigenvalue weighted by atomic mass is 10.0. The Hall–Kier alpha value is -1.36. The zero-order valence-corrected chi connectivity index (χ0v) is 19.0. The van der Waals surface area contributed by atoms with Gasteiger partial charge in [-0.1, -0.05) is 0 Å². The van der Waals surface area contributed by atoms with Gasteiger partial charge < -0.3 is 15.1 Å². The standard InChI is InChI=1S/C17H27N7S.HI/c1-5-18-16(19-9-15-12-25-17(21-15)22(2)3)24-7-6-13(11-24)14-8-20-23(4)10-14;/h8,10,12-13H,5-7,9,11H2,1-4H3,(H,18,19);1H. The number of aryl methyl sites for hydroxylation is 1. The second-order valence-corrected chi connectivity index (χ2v) is 7.40. The fourth-order valence-corrected chi connectivity index (χ4v) is 3.78. The Morgan fingerprint density at radius 2 is 2.27 bits per heavy atom. The van der Waals surface area contributed by atoms with Crippen LogP contribution in [0, 0.1) is 0 Å². The monoisotopic (exact) mass is 489 g/mol. The summed E-state index contributed by atoms with van der Waals surface area (Å²) in [5.74, 6) is 1.51. The number of nitrogens with zero attached hydrogens (tertiary/aromatic N) is 6. The Bertz CT molecular complexity index is 724. The van der Waals surface area contributed by atoms with Crippen LogP contribution in [0.25, 0.3) is 0 Å². The normalized spacial score (nSPS) is 17.3. The Kier molecular flexibility index (Phi) is 7.69. The molecule has 1 unspecified atom stereocenters. The van der Waals surface area contributed by atoms with E-state index in [2.05, 4.69) is 38.8 Å². The number of likely N-dealkylation sites (tertiary alicyclic amines) is 1. The van der Waals surface area contributed by atoms with Crippen LogP contribution in [0.5, 0.6) is 0 Å². The van der Waals surface area contributed by atoms with E-state index in [0.717, 1.165) is 42.8 Å². The van der Waals surface area contributed by atoms with Crippen molar-refractivity contribution in [2.45, 2.75) is 25.8 Å². The molecule has 1 aliphatic rings. The zero-order valence-electron chi connectivity index (χ0n) is 15.8. The summed E-state index contributed by atoms with van der Waals surface area (Å²) in [6.45, 7) is 5.59. The van der Waals surface area contributed by atoms with E-state index in [4.69, 9.17) is 4.99 Å². The second-order valence-electron chi connectivity index (χ2n) is 6.56. The molecule has 0 aromatic carbocycles. The zero-order chi connectivity index (χ0) is 17.8. The summed E-state index contributed by atoms with van der Waals surface area (Å²) in [5.41, 5.74) is 2.34. The number of hydrogen-bond acceptors (Lipinski definition) is 5. The molecule has 3 rings (SSSR count). The van der Waals surface area contributed by atoms with Gasteiger partial charge in [-0.2, -0.15) is 5.10 Å². The minimum Gasteiger partial charge on any atom is -0.357 e. The van der Waals surface area contributed by atoms with Gasteiger partial charge in [0, 0.05) is 58.3 Å². The van der Waals surface area contributed by atoms with E-state index in [1.54, 1.807) is 11.3 Å². The maximum Gasteiger partial charge on any atom is 0.194 e. The predicted molar refractivity (Wildman–Crippen MR) is 119 cm³/mol. The third-order valence-electron chi connectivity index (χ3n) is 4.33. The van der Waals surface area contributed by atoms with Crippen molar-refractivity contribution >= 4 is 46.4 Å². The van der Waals surface area contributed by atoms with Crippen LogP contribution in [0.3, 0.4) is 0 Å². The summed E-state index contributed by atoms with van der Waals surface area (Å²) in [7, 11) is 6.00. The molecular formula is C17H28IN7S. The van der Waals surface area contributed by atoms with Crippen LogP contribution in [0.15, 0.2) is 22.8 Å². The molecule has 1 fully saturated rings. The molecule has 0 aliphatic carbocycles. The van der Waals surface area contributed by atoms with E-state index in [9.17, 15) is 0 Å². The van der Waals surface area contributed by atoms with E-state index < -0.39 is 0 Å². The molecular weight excluding hydrogens is 461 g/mol. The van der Waals surface area contributed by atoms with Gasteiger partial charge in [0.2, 0.25) is 0 Å². The number of rotatable bonds is 5. The Labute approximate surface area is 176 Å². The van der Waals surface area contributed by atoms with Crippen molar-refractivity contribution in [2.75, 3.05) is 38.6 Å². The third-order valence-corrected chi connectivity index (χ3v) is 5.39. The van der Waals surface area contributed by atoms with E-state index in [-0.39, 0.29) is 24.0 Å². The number of thiazole rings is 1. The highest BCUT2D eigenvalue weighted by Crippen LogP contribution is 2.27. The molecule has 7 nitrogen and oxygen atoms in total. The highest BCUT2D eigenvalue weighted by atomic mass is 127. The topological polar surface area (TPSA) is 61.6 Å². The summed E-state index contributed by atoms with van der Waals surface area (Å²) in [6.07, 6.45) is 5.24. The first-order chi connectivity index (χ1) is 12.1. The number of nitrogens with one attached hydrogen (secondary N) is 1. The van der Waals surface area contributed by atoms with Crippen LogP contribution in [0.2, 0.25) is 0 Å². The van der Waals surface area contributed by atoms with E-state index in [0.29, 0.717) is 12.5 Å². The van der Waals surface area contributed by atoms with Gasteiger partial charge in [0.05, 0.1) is 18.4 Å². The number of halogens is 1. The van der Waals surface area contributed by atoms with Crippen molar-refractivity contribution in [3.63, 3.8) is 0 Å². The van der Waals surface area contributed by atoms with Crippen LogP contribution in [-0.4, -0.2) is 59.4 Å². The molecule has 0 spiro atoms. The average molecular weight is 489 g/mol. The van der Waals surface area contributed by atoms with Crippen LogP contribution in [0.4, 0.5) is 5.13 Å². The number of guanidine groups is 1. The lowest BCUT2D eigenvalue weighted by Gasteiger charge is -2.21. The highest BCUT2D eigenvalue weighted by Gasteiger charge is 2.26. The maximum absolute atomic E-state index is 4.81. The van der Waals surface area contributed by atoms with E-state index >= 15 is 0 Å². The molecule has 1 saturated heterocycles. The lowest BCUT2D eigenvalue weighted by Crippen LogP contribution is -2.40. The summed E-state index contributed by atoms with van der Waals surface area (Å²) in [5, 5.41) is 10.8. The smallest absolute Gasteiger partial charge is 0.194 e. The van der Waals surface area contributed by atoms with Gasteiger partial charge in [0.25, 0.3) is 0 Å².